The largest absolute Gasteiger partial charge is 0.448 e. The van der Waals surface area contributed by atoms with E-state index in [1.54, 1.807) is 48.7 Å². The first-order chi connectivity index (χ1) is 25.6. The average molecular weight is 726 g/mol. The molecule has 1 saturated carbocycles. The molecule has 0 saturated heterocycles. The van der Waals surface area contributed by atoms with Crippen LogP contribution in [0.5, 0.6) is 0 Å². The Morgan fingerprint density at radius 3 is 2.49 bits per heavy atom. The first-order valence-electron chi connectivity index (χ1n) is 18.1. The van der Waals surface area contributed by atoms with E-state index in [9.17, 15) is 19.2 Å². The number of hydrogen-bond acceptors (Lipinski definition) is 10. The number of amidine groups is 1. The van der Waals surface area contributed by atoms with Crippen LogP contribution in [0.4, 0.5) is 16.3 Å². The summed E-state index contributed by atoms with van der Waals surface area (Å²) in [5.41, 5.74) is 9.25. The van der Waals surface area contributed by atoms with Gasteiger partial charge in [0.1, 0.15) is 17.5 Å². The standard InChI is InChI=1S/C39H47N7O7/c1-4-5-6-9-23-51-39(50)44-36(40)27-14-17-30(18-15-27)42-25-34-43-31-24-29(16-19-32(31)45(34)3)37(48)46(33-13-7-8-21-41-33)22-20-35(47)52-26(2)53-38(49)28-11-10-12-28/h7-8,13-19,21,24,26,28,42H,4-6,9-12,20,22-23,25H2,1-3H3,(H2,40,44,50). The Kier molecular flexibility index (Phi) is 13.5. The van der Waals surface area contributed by atoms with Gasteiger partial charge in [0.05, 0.1) is 36.5 Å². The fourth-order valence-electron chi connectivity index (χ4n) is 5.73. The van der Waals surface area contributed by atoms with Gasteiger partial charge in [-0.15, -0.1) is 0 Å². The van der Waals surface area contributed by atoms with Crippen LogP contribution in [0.15, 0.2) is 71.9 Å². The van der Waals surface area contributed by atoms with Gasteiger partial charge < -0.3 is 29.8 Å². The number of fused-ring (bicyclic) bond motifs is 1. The lowest BCUT2D eigenvalue weighted by Gasteiger charge is -2.25. The van der Waals surface area contributed by atoms with E-state index in [1.165, 1.54) is 11.8 Å². The number of aromatic nitrogens is 3. The second-order valence-corrected chi connectivity index (χ2v) is 12.9. The molecule has 1 unspecified atom stereocenters. The molecule has 14 nitrogen and oxygen atoms in total. The van der Waals surface area contributed by atoms with E-state index in [4.69, 9.17) is 24.9 Å². The van der Waals surface area contributed by atoms with Crippen molar-refractivity contribution in [3.05, 3.63) is 83.8 Å². The molecule has 1 atom stereocenters. The molecule has 4 aromatic rings. The Morgan fingerprint density at radius 2 is 1.79 bits per heavy atom. The minimum absolute atomic E-state index is 0.00704. The molecule has 5 rings (SSSR count). The number of aryl methyl sites for hydroxylation is 1. The molecule has 2 aromatic heterocycles. The molecule has 3 N–H and O–H groups in total. The second-order valence-electron chi connectivity index (χ2n) is 12.9. The van der Waals surface area contributed by atoms with Gasteiger partial charge in [-0.25, -0.2) is 14.8 Å². The smallest absolute Gasteiger partial charge is 0.435 e. The minimum Gasteiger partial charge on any atom is -0.448 e. The number of hydrogen-bond donors (Lipinski definition) is 2. The number of amides is 2. The Bertz CT molecular complexity index is 1910. The summed E-state index contributed by atoms with van der Waals surface area (Å²) in [6.07, 6.45) is 6.26. The van der Waals surface area contributed by atoms with Crippen LogP contribution < -0.4 is 16.0 Å². The van der Waals surface area contributed by atoms with Gasteiger partial charge in [0.25, 0.3) is 5.91 Å². The lowest BCUT2D eigenvalue weighted by atomic mass is 9.86. The van der Waals surface area contributed by atoms with Crippen LogP contribution in [0, 0.1) is 5.92 Å². The summed E-state index contributed by atoms with van der Waals surface area (Å²) in [5, 5.41) is 3.34. The minimum atomic E-state index is -1.02. The number of pyridine rings is 1. The third kappa shape index (κ3) is 10.6. The molecule has 1 aliphatic carbocycles. The number of nitrogens with one attached hydrogen (secondary N) is 1. The monoisotopic (exact) mass is 725 g/mol. The molecule has 53 heavy (non-hydrogen) atoms. The van der Waals surface area contributed by atoms with E-state index in [0.29, 0.717) is 35.6 Å². The van der Waals surface area contributed by atoms with Crippen molar-refractivity contribution in [2.24, 2.45) is 23.7 Å². The number of aliphatic imine (C=N–C) groups is 1. The van der Waals surface area contributed by atoms with Gasteiger partial charge >= 0.3 is 18.0 Å². The maximum atomic E-state index is 13.9. The predicted molar refractivity (Wildman–Crippen MR) is 200 cm³/mol. The fourth-order valence-corrected chi connectivity index (χ4v) is 5.73. The molecule has 2 aromatic carbocycles. The molecular formula is C39H47N7O7. The number of imidazole rings is 1. The number of rotatable bonds is 17. The van der Waals surface area contributed by atoms with Crippen LogP contribution in [-0.2, 0) is 37.4 Å². The SMILES string of the molecule is CCCCCCOC(=O)/N=C(/N)c1ccc(NCc2nc3cc(C(=O)N(CCC(=O)OC(C)OC(=O)C4CCC4)c4ccccn4)ccc3n2C)cc1. The van der Waals surface area contributed by atoms with Crippen LogP contribution in [0.25, 0.3) is 11.0 Å². The molecule has 0 aliphatic heterocycles. The Morgan fingerprint density at radius 1 is 1.02 bits per heavy atom. The highest BCUT2D eigenvalue weighted by Gasteiger charge is 2.29. The van der Waals surface area contributed by atoms with E-state index in [1.807, 2.05) is 29.8 Å². The van der Waals surface area contributed by atoms with Gasteiger partial charge in [-0.2, -0.15) is 4.99 Å². The highest BCUT2D eigenvalue weighted by atomic mass is 16.7. The van der Waals surface area contributed by atoms with E-state index >= 15 is 0 Å². The molecular weight excluding hydrogens is 678 g/mol. The van der Waals surface area contributed by atoms with Gasteiger partial charge in [0.2, 0.25) is 6.29 Å². The predicted octanol–water partition coefficient (Wildman–Crippen LogP) is 6.27. The highest BCUT2D eigenvalue weighted by molar-refractivity contribution is 6.07. The second kappa shape index (κ2) is 18.6. The van der Waals surface area contributed by atoms with Crippen LogP contribution >= 0.6 is 0 Å². The number of ether oxygens (including phenoxy) is 3. The third-order valence-corrected chi connectivity index (χ3v) is 9.02. The molecule has 2 amide bonds. The topological polar surface area (TPSA) is 180 Å². The summed E-state index contributed by atoms with van der Waals surface area (Å²) in [5.74, 6) is -0.285. The first-order valence-corrected chi connectivity index (χ1v) is 18.1. The average Bonchev–Trinajstić information content (AvgIpc) is 3.44. The van der Waals surface area contributed by atoms with Gasteiger partial charge in [0.15, 0.2) is 0 Å². The number of unbranched alkanes of at least 4 members (excludes halogenated alkanes) is 3. The highest BCUT2D eigenvalue weighted by Crippen LogP contribution is 2.28. The van der Waals surface area contributed by atoms with E-state index < -0.39 is 18.4 Å². The van der Waals surface area contributed by atoms with Crippen molar-refractivity contribution in [3.63, 3.8) is 0 Å². The molecule has 14 heteroatoms. The van der Waals surface area contributed by atoms with Crippen LogP contribution in [-0.4, -0.2) is 63.8 Å². The van der Waals surface area contributed by atoms with E-state index in [0.717, 1.165) is 62.0 Å². The summed E-state index contributed by atoms with van der Waals surface area (Å²) >= 11 is 0. The van der Waals surface area contributed by atoms with E-state index in [-0.39, 0.29) is 36.6 Å². The summed E-state index contributed by atoms with van der Waals surface area (Å²) in [6, 6.07) is 17.6. The number of benzene rings is 2. The zero-order chi connectivity index (χ0) is 37.7. The zero-order valence-electron chi connectivity index (χ0n) is 30.5. The maximum absolute atomic E-state index is 13.9. The molecule has 280 valence electrons. The molecule has 0 spiro atoms. The molecule has 1 fully saturated rings. The summed E-state index contributed by atoms with van der Waals surface area (Å²) in [7, 11) is 1.90. The summed E-state index contributed by atoms with van der Waals surface area (Å²) < 4.78 is 17.7. The number of nitrogens with zero attached hydrogens (tertiary/aromatic N) is 5. The van der Waals surface area contributed by atoms with Crippen molar-refractivity contribution in [2.45, 2.75) is 78.0 Å². The number of anilines is 2. The van der Waals surface area contributed by atoms with Gasteiger partial charge in [-0.1, -0.05) is 38.7 Å². The number of nitrogens with two attached hydrogens (primary N) is 1. The Labute approximate surface area is 308 Å². The number of carbonyl (C=O) groups excluding carboxylic acids is 4. The normalized spacial score (nSPS) is 13.5. The summed E-state index contributed by atoms with van der Waals surface area (Å²) in [4.78, 5) is 65.1. The Hall–Kier alpha value is -5.79. The lowest BCUT2D eigenvalue weighted by Crippen LogP contribution is -2.35. The molecule has 1 aliphatic rings. The van der Waals surface area contributed by atoms with Gasteiger partial charge in [-0.3, -0.25) is 19.3 Å². The molecule has 0 radical (unpaired) electrons. The van der Waals surface area contributed by atoms with Crippen molar-refractivity contribution < 1.29 is 33.4 Å². The zero-order valence-corrected chi connectivity index (χ0v) is 30.5. The van der Waals surface area contributed by atoms with E-state index in [2.05, 4.69) is 22.2 Å². The van der Waals surface area contributed by atoms with Crippen molar-refractivity contribution >= 4 is 52.3 Å². The number of esters is 2. The van der Waals surface area contributed by atoms with Crippen molar-refractivity contribution in [3.8, 4) is 0 Å². The quantitative estimate of drug-likeness (QED) is 0.0412. The van der Waals surface area contributed by atoms with Crippen molar-refractivity contribution in [1.29, 1.82) is 0 Å². The van der Waals surface area contributed by atoms with Gasteiger partial charge in [0, 0.05) is 43.5 Å². The lowest BCUT2D eigenvalue weighted by molar-refractivity contribution is -0.189. The molecule has 0 bridgehead atoms. The van der Waals surface area contributed by atoms with Crippen molar-refractivity contribution in [2.75, 3.05) is 23.4 Å². The Balaban J connectivity index is 1.19. The third-order valence-electron chi connectivity index (χ3n) is 9.02. The summed E-state index contributed by atoms with van der Waals surface area (Å²) in [6.45, 7) is 4.32. The number of carbonyl (C=O) groups is 4. The van der Waals surface area contributed by atoms with Crippen LogP contribution in [0.2, 0.25) is 0 Å². The van der Waals surface area contributed by atoms with Gasteiger partial charge in [-0.05, 0) is 73.9 Å². The van der Waals surface area contributed by atoms with Crippen LogP contribution in [0.3, 0.4) is 0 Å². The first kappa shape index (κ1) is 38.4. The van der Waals surface area contributed by atoms with Crippen LogP contribution in [0.1, 0.15) is 87.0 Å². The fraction of sp³-hybridized carbons (Fsp3) is 0.410. The molecule has 2 heterocycles. The maximum Gasteiger partial charge on any atom is 0.435 e. The van der Waals surface area contributed by atoms with Crippen molar-refractivity contribution in [1.82, 2.24) is 14.5 Å².